The van der Waals surface area contributed by atoms with Crippen molar-refractivity contribution in [1.29, 1.82) is 0 Å². The lowest BCUT2D eigenvalue weighted by Crippen LogP contribution is -2.16. The molecular formula is C28H32N2. The molecule has 4 N–H and O–H groups in total. The Kier molecular flexibility index (Phi) is 4.58. The summed E-state index contributed by atoms with van der Waals surface area (Å²) in [4.78, 5) is 0. The van der Waals surface area contributed by atoms with E-state index in [0.29, 0.717) is 0 Å². The molecular weight excluding hydrogens is 364 g/mol. The third kappa shape index (κ3) is 3.31. The molecule has 0 aliphatic rings. The van der Waals surface area contributed by atoms with Crippen molar-refractivity contribution in [3.63, 3.8) is 0 Å². The Balaban J connectivity index is 2.12. The van der Waals surface area contributed by atoms with Crippen molar-refractivity contribution in [3.05, 3.63) is 71.8 Å². The zero-order valence-corrected chi connectivity index (χ0v) is 18.9. The number of hydrogen-bond donors (Lipinski definition) is 2. The summed E-state index contributed by atoms with van der Waals surface area (Å²) in [7, 11) is 0. The minimum absolute atomic E-state index is 0.0534. The molecule has 0 spiro atoms. The van der Waals surface area contributed by atoms with Gasteiger partial charge >= 0.3 is 0 Å². The maximum atomic E-state index is 6.75. The summed E-state index contributed by atoms with van der Waals surface area (Å²) in [6.45, 7) is 13.6. The van der Waals surface area contributed by atoms with E-state index in [1.807, 2.05) is 18.2 Å². The number of benzene rings is 4. The van der Waals surface area contributed by atoms with Gasteiger partial charge in [0.15, 0.2) is 0 Å². The van der Waals surface area contributed by atoms with E-state index in [2.05, 4.69) is 84.0 Å². The highest BCUT2D eigenvalue weighted by atomic mass is 14.6. The molecule has 0 aromatic heterocycles. The maximum Gasteiger partial charge on any atom is 0.0481 e. The molecule has 2 nitrogen and oxygen atoms in total. The molecule has 4 aromatic rings. The van der Waals surface area contributed by atoms with E-state index >= 15 is 0 Å². The molecule has 0 saturated carbocycles. The van der Waals surface area contributed by atoms with Gasteiger partial charge in [-0.15, -0.1) is 0 Å². The largest absolute Gasteiger partial charge is 0.398 e. The number of rotatable bonds is 1. The lowest BCUT2D eigenvalue weighted by Gasteiger charge is -2.27. The van der Waals surface area contributed by atoms with Crippen LogP contribution < -0.4 is 11.5 Å². The van der Waals surface area contributed by atoms with Crippen molar-refractivity contribution in [2.24, 2.45) is 0 Å². The first-order valence-corrected chi connectivity index (χ1v) is 10.6. The van der Waals surface area contributed by atoms with Crippen LogP contribution in [0.3, 0.4) is 0 Å². The highest BCUT2D eigenvalue weighted by molar-refractivity contribution is 6.22. The second-order valence-electron chi connectivity index (χ2n) is 10.4. The first kappa shape index (κ1) is 20.3. The Bertz CT molecular complexity index is 1240. The molecule has 4 rings (SSSR count). The van der Waals surface area contributed by atoms with E-state index in [0.717, 1.165) is 38.5 Å². The second kappa shape index (κ2) is 6.77. The van der Waals surface area contributed by atoms with Gasteiger partial charge in [-0.1, -0.05) is 102 Å². The van der Waals surface area contributed by atoms with Crippen LogP contribution in [0, 0.1) is 0 Å². The smallest absolute Gasteiger partial charge is 0.0481 e. The molecule has 4 aromatic carbocycles. The van der Waals surface area contributed by atoms with Crippen molar-refractivity contribution < 1.29 is 0 Å². The first-order valence-electron chi connectivity index (χ1n) is 10.6. The van der Waals surface area contributed by atoms with E-state index < -0.39 is 0 Å². The van der Waals surface area contributed by atoms with Crippen LogP contribution >= 0.6 is 0 Å². The number of anilines is 2. The summed E-state index contributed by atoms with van der Waals surface area (Å²) >= 11 is 0. The van der Waals surface area contributed by atoms with Gasteiger partial charge in [-0.05, 0) is 33.1 Å². The quantitative estimate of drug-likeness (QED) is 0.200. The van der Waals surface area contributed by atoms with E-state index in [9.17, 15) is 0 Å². The SMILES string of the molecule is CC(C)(C)c1cc(-c2cccc3c(N)c4ccccc4c(N)c23)cc(C(C)(C)C)c1. The Morgan fingerprint density at radius 3 is 1.60 bits per heavy atom. The molecule has 0 saturated heterocycles. The summed E-state index contributed by atoms with van der Waals surface area (Å²) in [6, 6.07) is 21.4. The van der Waals surface area contributed by atoms with Gasteiger partial charge in [0.2, 0.25) is 0 Å². The second-order valence-corrected chi connectivity index (χ2v) is 10.4. The van der Waals surface area contributed by atoms with Crippen LogP contribution in [0.1, 0.15) is 52.7 Å². The molecule has 0 unspecified atom stereocenters. The molecule has 0 radical (unpaired) electrons. The third-order valence-electron chi connectivity index (χ3n) is 6.11. The highest BCUT2D eigenvalue weighted by Crippen LogP contribution is 2.43. The van der Waals surface area contributed by atoms with Gasteiger partial charge in [0.1, 0.15) is 0 Å². The van der Waals surface area contributed by atoms with Gasteiger partial charge in [0.05, 0.1) is 0 Å². The minimum Gasteiger partial charge on any atom is -0.398 e. The van der Waals surface area contributed by atoms with E-state index in [-0.39, 0.29) is 10.8 Å². The maximum absolute atomic E-state index is 6.75. The summed E-state index contributed by atoms with van der Waals surface area (Å²) in [6.07, 6.45) is 0. The number of nitrogens with two attached hydrogens (primary N) is 2. The molecule has 2 heteroatoms. The number of fused-ring (bicyclic) bond motifs is 2. The Hall–Kier alpha value is -3.00. The molecule has 0 bridgehead atoms. The molecule has 30 heavy (non-hydrogen) atoms. The van der Waals surface area contributed by atoms with Crippen molar-refractivity contribution in [2.75, 3.05) is 11.5 Å². The highest BCUT2D eigenvalue weighted by Gasteiger charge is 2.22. The zero-order valence-electron chi connectivity index (χ0n) is 18.9. The van der Waals surface area contributed by atoms with Gasteiger partial charge in [-0.2, -0.15) is 0 Å². The van der Waals surface area contributed by atoms with Crippen molar-refractivity contribution in [3.8, 4) is 11.1 Å². The van der Waals surface area contributed by atoms with Crippen LogP contribution in [-0.4, -0.2) is 0 Å². The fourth-order valence-electron chi connectivity index (χ4n) is 4.19. The predicted molar refractivity (Wildman–Crippen MR) is 133 cm³/mol. The molecule has 0 aliphatic heterocycles. The first-order chi connectivity index (χ1) is 14.0. The lowest BCUT2D eigenvalue weighted by atomic mass is 9.78. The van der Waals surface area contributed by atoms with Gasteiger partial charge in [0.25, 0.3) is 0 Å². The standard InChI is InChI=1S/C28H32N2/c1-27(2,3)18-14-17(15-19(16-18)28(4,5)6)20-12-9-13-23-24(20)26(30)22-11-8-7-10-21(22)25(23)29/h7-16H,29-30H2,1-6H3. The van der Waals surface area contributed by atoms with Crippen LogP contribution in [0.25, 0.3) is 32.7 Å². The predicted octanol–water partition coefficient (Wildman–Crippen LogP) is 7.42. The number of nitrogen functional groups attached to an aromatic ring is 2. The molecule has 0 aliphatic carbocycles. The van der Waals surface area contributed by atoms with Gasteiger partial charge in [-0.25, -0.2) is 0 Å². The van der Waals surface area contributed by atoms with Crippen LogP contribution in [0.5, 0.6) is 0 Å². The Labute approximate surface area is 179 Å². The van der Waals surface area contributed by atoms with Crippen molar-refractivity contribution in [2.45, 2.75) is 52.4 Å². The summed E-state index contributed by atoms with van der Waals surface area (Å²) in [5, 5.41) is 4.08. The minimum atomic E-state index is 0.0534. The topological polar surface area (TPSA) is 52.0 Å². The van der Waals surface area contributed by atoms with Crippen molar-refractivity contribution >= 4 is 32.9 Å². The average Bonchev–Trinajstić information content (AvgIpc) is 2.70. The summed E-state index contributed by atoms with van der Waals surface area (Å²) in [5.41, 5.74) is 20.0. The van der Waals surface area contributed by atoms with Gasteiger partial charge in [-0.3, -0.25) is 0 Å². The number of hydrogen-bond acceptors (Lipinski definition) is 2. The third-order valence-corrected chi connectivity index (χ3v) is 6.11. The molecule has 0 amide bonds. The van der Waals surface area contributed by atoms with Crippen LogP contribution in [-0.2, 0) is 10.8 Å². The molecule has 0 fully saturated rings. The van der Waals surface area contributed by atoms with E-state index in [1.54, 1.807) is 0 Å². The van der Waals surface area contributed by atoms with Crippen LogP contribution in [0.2, 0.25) is 0 Å². The zero-order chi connectivity index (χ0) is 21.8. The van der Waals surface area contributed by atoms with Crippen LogP contribution in [0.4, 0.5) is 11.4 Å². The molecule has 0 atom stereocenters. The summed E-state index contributed by atoms with van der Waals surface area (Å²) in [5.74, 6) is 0. The van der Waals surface area contributed by atoms with Gasteiger partial charge in [0, 0.05) is 32.9 Å². The fourth-order valence-corrected chi connectivity index (χ4v) is 4.19. The average molecular weight is 397 g/mol. The van der Waals surface area contributed by atoms with E-state index in [1.165, 1.54) is 16.7 Å². The monoisotopic (exact) mass is 396 g/mol. The fraction of sp³-hybridized carbons (Fsp3) is 0.286. The Morgan fingerprint density at radius 1 is 0.567 bits per heavy atom. The Morgan fingerprint density at radius 2 is 1.07 bits per heavy atom. The van der Waals surface area contributed by atoms with E-state index in [4.69, 9.17) is 11.5 Å². The molecule has 154 valence electrons. The van der Waals surface area contributed by atoms with Gasteiger partial charge < -0.3 is 11.5 Å². The van der Waals surface area contributed by atoms with Crippen molar-refractivity contribution in [1.82, 2.24) is 0 Å². The lowest BCUT2D eigenvalue weighted by molar-refractivity contribution is 0.569. The normalized spacial score (nSPS) is 12.6. The van der Waals surface area contributed by atoms with Crippen LogP contribution in [0.15, 0.2) is 60.7 Å². The summed E-state index contributed by atoms with van der Waals surface area (Å²) < 4.78 is 0. The molecule has 0 heterocycles.